The van der Waals surface area contributed by atoms with Crippen LogP contribution in [0, 0.1) is 0 Å². The Bertz CT molecular complexity index is 516. The van der Waals surface area contributed by atoms with Crippen molar-refractivity contribution in [2.45, 2.75) is 6.54 Å². The minimum Gasteiger partial charge on any atom is -0.312 e. The van der Waals surface area contributed by atoms with Gasteiger partial charge in [-0.2, -0.15) is 5.48 Å². The van der Waals surface area contributed by atoms with Crippen LogP contribution in [0.15, 0.2) is 35.3 Å². The molecule has 0 bridgehead atoms. The molecule has 1 aromatic carbocycles. The fourth-order valence-corrected chi connectivity index (χ4v) is 1.49. The highest BCUT2D eigenvalue weighted by atomic mass is 16.6. The summed E-state index contributed by atoms with van der Waals surface area (Å²) in [6.07, 6.45) is 1.66. The second-order valence-electron chi connectivity index (χ2n) is 3.38. The Labute approximate surface area is 92.4 Å². The van der Waals surface area contributed by atoms with E-state index >= 15 is 0 Å². The van der Waals surface area contributed by atoms with E-state index in [0.29, 0.717) is 6.54 Å². The summed E-state index contributed by atoms with van der Waals surface area (Å²) in [6, 6.07) is 7.86. The van der Waals surface area contributed by atoms with Gasteiger partial charge < -0.3 is 14.8 Å². The average molecular weight is 219 g/mol. The molecule has 0 atom stereocenters. The normalized spacial score (nSPS) is 10.6. The highest BCUT2D eigenvalue weighted by Crippen LogP contribution is 2.16. The molecule has 0 aliphatic carbocycles. The molecule has 5 heteroatoms. The van der Waals surface area contributed by atoms with Gasteiger partial charge >= 0.3 is 5.69 Å². The van der Waals surface area contributed by atoms with E-state index in [1.807, 2.05) is 24.3 Å². The molecule has 2 rings (SSSR count). The van der Waals surface area contributed by atoms with E-state index in [2.05, 4.69) is 15.4 Å². The fraction of sp³-hybridized carbons (Fsp3) is 0.182. The van der Waals surface area contributed by atoms with Gasteiger partial charge in [0.2, 0.25) is 0 Å². The molecular formula is C11H13N3O2. The van der Waals surface area contributed by atoms with Crippen molar-refractivity contribution in [2.24, 2.45) is 0 Å². The van der Waals surface area contributed by atoms with Gasteiger partial charge in [-0.1, -0.05) is 18.2 Å². The number of nitrogens with one attached hydrogen (secondary N) is 3. The van der Waals surface area contributed by atoms with Gasteiger partial charge in [-0.25, -0.2) is 4.79 Å². The lowest BCUT2D eigenvalue weighted by atomic mass is 10.1. The van der Waals surface area contributed by atoms with Crippen molar-refractivity contribution < 1.29 is 4.84 Å². The lowest BCUT2D eigenvalue weighted by molar-refractivity contribution is 0.0867. The molecule has 5 nitrogen and oxygen atoms in total. The van der Waals surface area contributed by atoms with E-state index < -0.39 is 0 Å². The number of imidazole rings is 1. The summed E-state index contributed by atoms with van der Waals surface area (Å²) in [6.45, 7) is 0.624. The molecule has 0 aliphatic rings. The zero-order valence-electron chi connectivity index (χ0n) is 8.91. The highest BCUT2D eigenvalue weighted by Gasteiger charge is 2.01. The van der Waals surface area contributed by atoms with E-state index in [1.165, 1.54) is 0 Å². The number of aromatic amines is 2. The first-order valence-electron chi connectivity index (χ1n) is 4.92. The van der Waals surface area contributed by atoms with Gasteiger partial charge in [-0.3, -0.25) is 0 Å². The molecule has 0 unspecified atom stereocenters. The maximum atomic E-state index is 11.0. The SMILES string of the molecule is CONCc1cccc(-c2c[nH]c(=O)[nH]2)c1. The number of H-pyrrole nitrogens is 2. The summed E-state index contributed by atoms with van der Waals surface area (Å²) in [5, 5.41) is 0. The van der Waals surface area contributed by atoms with Crippen molar-refractivity contribution in [1.29, 1.82) is 0 Å². The third-order valence-corrected chi connectivity index (χ3v) is 2.25. The van der Waals surface area contributed by atoms with E-state index in [9.17, 15) is 4.79 Å². The molecule has 0 radical (unpaired) electrons. The van der Waals surface area contributed by atoms with E-state index in [1.54, 1.807) is 13.3 Å². The van der Waals surface area contributed by atoms with Gasteiger partial charge in [0.1, 0.15) is 0 Å². The van der Waals surface area contributed by atoms with Crippen molar-refractivity contribution in [2.75, 3.05) is 7.11 Å². The van der Waals surface area contributed by atoms with Crippen LogP contribution in [0.3, 0.4) is 0 Å². The Kier molecular flexibility index (Phi) is 3.19. The smallest absolute Gasteiger partial charge is 0.312 e. The van der Waals surface area contributed by atoms with Crippen LogP contribution in [-0.4, -0.2) is 17.1 Å². The lowest BCUT2D eigenvalue weighted by Crippen LogP contribution is -2.10. The Morgan fingerprint density at radius 2 is 2.31 bits per heavy atom. The number of hydrogen-bond donors (Lipinski definition) is 3. The lowest BCUT2D eigenvalue weighted by Gasteiger charge is -2.04. The van der Waals surface area contributed by atoms with Gasteiger partial charge in [0.05, 0.1) is 12.8 Å². The summed E-state index contributed by atoms with van der Waals surface area (Å²) in [5.74, 6) is 0. The molecule has 0 saturated carbocycles. The van der Waals surface area contributed by atoms with Crippen LogP contribution in [0.1, 0.15) is 5.56 Å². The Morgan fingerprint density at radius 3 is 3.00 bits per heavy atom. The van der Waals surface area contributed by atoms with Crippen LogP contribution in [0.2, 0.25) is 0 Å². The maximum absolute atomic E-state index is 11.0. The zero-order chi connectivity index (χ0) is 11.4. The first kappa shape index (κ1) is 10.7. The van der Waals surface area contributed by atoms with Gasteiger partial charge in [0, 0.05) is 12.7 Å². The molecular weight excluding hydrogens is 206 g/mol. The Morgan fingerprint density at radius 1 is 1.44 bits per heavy atom. The predicted octanol–water partition coefficient (Wildman–Crippen LogP) is 1.02. The fourth-order valence-electron chi connectivity index (χ4n) is 1.49. The van der Waals surface area contributed by atoms with Crippen molar-refractivity contribution in [3.05, 3.63) is 46.5 Å². The van der Waals surface area contributed by atoms with Crippen molar-refractivity contribution in [3.63, 3.8) is 0 Å². The number of aromatic nitrogens is 2. The Balaban J connectivity index is 2.25. The molecule has 0 saturated heterocycles. The molecule has 16 heavy (non-hydrogen) atoms. The third kappa shape index (κ3) is 2.39. The number of benzene rings is 1. The van der Waals surface area contributed by atoms with Crippen molar-refractivity contribution >= 4 is 0 Å². The Hall–Kier alpha value is -1.85. The molecule has 3 N–H and O–H groups in total. The predicted molar refractivity (Wildman–Crippen MR) is 60.7 cm³/mol. The van der Waals surface area contributed by atoms with Gasteiger partial charge in [0.15, 0.2) is 0 Å². The van der Waals surface area contributed by atoms with Crippen LogP contribution in [0.5, 0.6) is 0 Å². The highest BCUT2D eigenvalue weighted by molar-refractivity contribution is 5.58. The molecule has 0 aliphatic heterocycles. The molecule has 1 aromatic heterocycles. The van der Waals surface area contributed by atoms with Gasteiger partial charge in [-0.05, 0) is 17.2 Å². The second-order valence-corrected chi connectivity index (χ2v) is 3.38. The summed E-state index contributed by atoms with van der Waals surface area (Å²) >= 11 is 0. The molecule has 1 heterocycles. The van der Waals surface area contributed by atoms with Crippen LogP contribution in [0.4, 0.5) is 0 Å². The summed E-state index contributed by atoms with van der Waals surface area (Å²) in [4.78, 5) is 21.0. The number of hydrogen-bond acceptors (Lipinski definition) is 3. The largest absolute Gasteiger partial charge is 0.323 e. The molecule has 2 aromatic rings. The zero-order valence-corrected chi connectivity index (χ0v) is 8.91. The summed E-state index contributed by atoms with van der Waals surface area (Å²) in [5.41, 5.74) is 5.40. The maximum Gasteiger partial charge on any atom is 0.323 e. The third-order valence-electron chi connectivity index (χ3n) is 2.25. The van der Waals surface area contributed by atoms with Crippen LogP contribution < -0.4 is 11.2 Å². The van der Waals surface area contributed by atoms with Gasteiger partial charge in [-0.15, -0.1) is 0 Å². The molecule has 0 fully saturated rings. The average Bonchev–Trinajstić information content (AvgIpc) is 2.74. The van der Waals surface area contributed by atoms with E-state index in [4.69, 9.17) is 4.84 Å². The summed E-state index contributed by atoms with van der Waals surface area (Å²) in [7, 11) is 1.58. The second kappa shape index (κ2) is 4.78. The number of rotatable bonds is 4. The first-order chi connectivity index (χ1) is 7.79. The minimum absolute atomic E-state index is 0.199. The topological polar surface area (TPSA) is 69.9 Å². The molecule has 84 valence electrons. The summed E-state index contributed by atoms with van der Waals surface area (Å²) < 4.78 is 0. The quantitative estimate of drug-likeness (QED) is 0.672. The van der Waals surface area contributed by atoms with Crippen LogP contribution in [-0.2, 0) is 11.4 Å². The van der Waals surface area contributed by atoms with Gasteiger partial charge in [0.25, 0.3) is 0 Å². The van der Waals surface area contributed by atoms with Crippen LogP contribution >= 0.6 is 0 Å². The molecule has 0 amide bonds. The van der Waals surface area contributed by atoms with Crippen molar-refractivity contribution in [3.8, 4) is 11.3 Å². The standard InChI is InChI=1S/C11H13N3O2/c1-16-13-6-8-3-2-4-9(5-8)10-7-12-11(15)14-10/h2-5,7,13H,6H2,1H3,(H2,12,14,15). The van der Waals surface area contributed by atoms with E-state index in [-0.39, 0.29) is 5.69 Å². The first-order valence-corrected chi connectivity index (χ1v) is 4.92. The van der Waals surface area contributed by atoms with E-state index in [0.717, 1.165) is 16.8 Å². The molecule has 0 spiro atoms. The minimum atomic E-state index is -0.199. The number of hydroxylamine groups is 1. The van der Waals surface area contributed by atoms with Crippen LogP contribution in [0.25, 0.3) is 11.3 Å². The van der Waals surface area contributed by atoms with Crippen molar-refractivity contribution in [1.82, 2.24) is 15.4 Å². The monoisotopic (exact) mass is 219 g/mol.